The summed E-state index contributed by atoms with van der Waals surface area (Å²) in [5.74, 6) is -1.19. The van der Waals surface area contributed by atoms with E-state index in [1.54, 1.807) is 13.8 Å². The van der Waals surface area contributed by atoms with Gasteiger partial charge in [-0.05, 0) is 12.8 Å². The number of aromatic nitrogens is 3. The summed E-state index contributed by atoms with van der Waals surface area (Å²) >= 11 is 0. The highest BCUT2D eigenvalue weighted by atomic mass is 19.3. The van der Waals surface area contributed by atoms with Crippen molar-refractivity contribution in [3.63, 3.8) is 0 Å². The predicted octanol–water partition coefficient (Wildman–Crippen LogP) is 1.02. The van der Waals surface area contributed by atoms with Crippen LogP contribution in [-0.2, 0) is 11.3 Å². The molecule has 0 fully saturated rings. The van der Waals surface area contributed by atoms with Crippen LogP contribution in [0, 0.1) is 5.92 Å². The molecule has 8 heteroatoms. The van der Waals surface area contributed by atoms with E-state index < -0.39 is 23.8 Å². The van der Waals surface area contributed by atoms with E-state index in [4.69, 9.17) is 5.11 Å². The highest BCUT2D eigenvalue weighted by Gasteiger charge is 2.27. The first-order valence-corrected chi connectivity index (χ1v) is 5.50. The Hall–Kier alpha value is -1.57. The Morgan fingerprint density at radius 1 is 1.56 bits per heavy atom. The molecule has 1 atom stereocenters. The summed E-state index contributed by atoms with van der Waals surface area (Å²) in [6, 6.07) is 0. The molecule has 0 radical (unpaired) electrons. The van der Waals surface area contributed by atoms with E-state index in [2.05, 4.69) is 15.0 Å². The van der Waals surface area contributed by atoms with Crippen LogP contribution in [0.25, 0.3) is 0 Å². The molecule has 0 amide bonds. The summed E-state index contributed by atoms with van der Waals surface area (Å²) < 4.78 is 31.4. The molecule has 1 rings (SSSR count). The van der Waals surface area contributed by atoms with E-state index in [-0.39, 0.29) is 25.7 Å². The number of aliphatic hydroxyl groups excluding tert-OH is 1. The Labute approximate surface area is 103 Å². The lowest BCUT2D eigenvalue weighted by Gasteiger charge is -2.10. The molecule has 0 bridgehead atoms. The van der Waals surface area contributed by atoms with Crippen LogP contribution in [-0.4, -0.2) is 39.3 Å². The third-order valence-corrected chi connectivity index (χ3v) is 2.25. The van der Waals surface area contributed by atoms with Gasteiger partial charge < -0.3 is 9.84 Å². The van der Waals surface area contributed by atoms with Crippen molar-refractivity contribution in [3.05, 3.63) is 11.4 Å². The van der Waals surface area contributed by atoms with Crippen LogP contribution in [0.4, 0.5) is 8.78 Å². The molecule has 1 aromatic heterocycles. The Morgan fingerprint density at radius 3 is 2.72 bits per heavy atom. The third-order valence-electron chi connectivity index (χ3n) is 2.25. The number of carbonyl (C=O) groups is 1. The normalized spacial score (nSPS) is 12.8. The molecule has 0 aliphatic rings. The highest BCUT2D eigenvalue weighted by molar-refractivity contribution is 5.88. The van der Waals surface area contributed by atoms with Crippen LogP contribution < -0.4 is 0 Å². The number of ether oxygens (including phenoxy) is 1. The summed E-state index contributed by atoms with van der Waals surface area (Å²) in [5.41, 5.74) is -1.05. The number of alkyl halides is 2. The molecule has 6 nitrogen and oxygen atoms in total. The molecule has 0 saturated carbocycles. The highest BCUT2D eigenvalue weighted by Crippen LogP contribution is 2.22. The van der Waals surface area contributed by atoms with Crippen LogP contribution in [0.1, 0.15) is 36.5 Å². The topological polar surface area (TPSA) is 77.2 Å². The van der Waals surface area contributed by atoms with Gasteiger partial charge in [0.25, 0.3) is 6.43 Å². The number of carbonyl (C=O) groups excluding carboxylic acids is 1. The molecule has 1 unspecified atom stereocenters. The van der Waals surface area contributed by atoms with Crippen molar-refractivity contribution < 1.29 is 23.4 Å². The number of aliphatic hydroxyl groups is 1. The second-order valence-electron chi connectivity index (χ2n) is 3.81. The van der Waals surface area contributed by atoms with Gasteiger partial charge in [-0.25, -0.2) is 18.3 Å². The molecule has 0 aliphatic carbocycles. The second kappa shape index (κ2) is 6.39. The van der Waals surface area contributed by atoms with Crippen molar-refractivity contribution in [1.29, 1.82) is 0 Å². The molecule has 0 aromatic carbocycles. The average Bonchev–Trinajstić information content (AvgIpc) is 2.73. The number of rotatable bonds is 6. The van der Waals surface area contributed by atoms with Crippen molar-refractivity contribution in [2.24, 2.45) is 5.92 Å². The van der Waals surface area contributed by atoms with Crippen LogP contribution in [0.5, 0.6) is 0 Å². The lowest BCUT2D eigenvalue weighted by atomic mass is 10.2. The summed E-state index contributed by atoms with van der Waals surface area (Å²) in [6.45, 7) is 3.19. The van der Waals surface area contributed by atoms with E-state index >= 15 is 0 Å². The summed E-state index contributed by atoms with van der Waals surface area (Å²) in [5, 5.41) is 15.8. The maximum atomic E-state index is 12.9. The van der Waals surface area contributed by atoms with Crippen molar-refractivity contribution in [2.75, 3.05) is 13.2 Å². The molecular weight excluding hydrogens is 248 g/mol. The monoisotopic (exact) mass is 263 g/mol. The number of hydrogen-bond acceptors (Lipinski definition) is 5. The van der Waals surface area contributed by atoms with E-state index in [0.717, 1.165) is 4.68 Å². The Bertz CT molecular complexity index is 409. The molecule has 0 saturated heterocycles. The summed E-state index contributed by atoms with van der Waals surface area (Å²) in [7, 11) is 0. The fraction of sp³-hybridized carbons (Fsp3) is 0.700. The first-order chi connectivity index (χ1) is 8.51. The van der Waals surface area contributed by atoms with Gasteiger partial charge in [0.05, 0.1) is 6.61 Å². The summed E-state index contributed by atoms with van der Waals surface area (Å²) in [4.78, 5) is 11.4. The van der Waals surface area contributed by atoms with Gasteiger partial charge in [-0.3, -0.25) is 0 Å². The van der Waals surface area contributed by atoms with Crippen molar-refractivity contribution in [2.45, 2.75) is 26.8 Å². The van der Waals surface area contributed by atoms with Crippen molar-refractivity contribution in [3.8, 4) is 0 Å². The standard InChI is InChI=1S/C10H15F2N3O3/c1-3-18-10(17)7-8(9(11)12)15(14-13-7)4-6(2)5-16/h6,9,16H,3-5H2,1-2H3. The van der Waals surface area contributed by atoms with Gasteiger partial charge in [-0.1, -0.05) is 12.1 Å². The minimum absolute atomic E-state index is 0.0581. The minimum atomic E-state index is -2.88. The van der Waals surface area contributed by atoms with Crippen LogP contribution in [0.2, 0.25) is 0 Å². The quantitative estimate of drug-likeness (QED) is 0.775. The number of nitrogens with zero attached hydrogens (tertiary/aromatic N) is 3. The first kappa shape index (κ1) is 14.5. The van der Waals surface area contributed by atoms with Crippen LogP contribution in [0.15, 0.2) is 0 Å². The molecule has 102 valence electrons. The number of esters is 1. The van der Waals surface area contributed by atoms with Gasteiger partial charge >= 0.3 is 5.97 Å². The summed E-state index contributed by atoms with van der Waals surface area (Å²) in [6.07, 6.45) is -2.88. The molecule has 1 aromatic rings. The Balaban J connectivity index is 3.03. The molecule has 0 spiro atoms. The minimum Gasteiger partial charge on any atom is -0.461 e. The maximum Gasteiger partial charge on any atom is 0.361 e. The lowest BCUT2D eigenvalue weighted by Crippen LogP contribution is -2.16. The van der Waals surface area contributed by atoms with E-state index in [0.29, 0.717) is 0 Å². The van der Waals surface area contributed by atoms with Gasteiger partial charge in [-0.2, -0.15) is 0 Å². The first-order valence-electron chi connectivity index (χ1n) is 5.50. The van der Waals surface area contributed by atoms with Gasteiger partial charge in [-0.15, -0.1) is 5.10 Å². The molecule has 1 heterocycles. The van der Waals surface area contributed by atoms with Crippen molar-refractivity contribution >= 4 is 5.97 Å². The number of hydrogen-bond donors (Lipinski definition) is 1. The molecule has 1 N–H and O–H groups in total. The predicted molar refractivity (Wildman–Crippen MR) is 57.2 cm³/mol. The fourth-order valence-corrected chi connectivity index (χ4v) is 1.37. The lowest BCUT2D eigenvalue weighted by molar-refractivity contribution is 0.0506. The van der Waals surface area contributed by atoms with E-state index in [1.165, 1.54) is 0 Å². The maximum absolute atomic E-state index is 12.9. The Kier molecular flexibility index (Phi) is 5.14. The largest absolute Gasteiger partial charge is 0.461 e. The Morgan fingerprint density at radius 2 is 2.22 bits per heavy atom. The van der Waals surface area contributed by atoms with Gasteiger partial charge in [0.1, 0.15) is 5.69 Å². The fourth-order valence-electron chi connectivity index (χ4n) is 1.37. The molecular formula is C10H15F2N3O3. The smallest absolute Gasteiger partial charge is 0.361 e. The SMILES string of the molecule is CCOC(=O)c1nnn(CC(C)CO)c1C(F)F. The zero-order chi connectivity index (χ0) is 13.7. The third kappa shape index (κ3) is 3.22. The molecule has 0 aliphatic heterocycles. The van der Waals surface area contributed by atoms with Gasteiger partial charge in [0.2, 0.25) is 0 Å². The molecule has 18 heavy (non-hydrogen) atoms. The van der Waals surface area contributed by atoms with E-state index in [1.807, 2.05) is 0 Å². The average molecular weight is 263 g/mol. The zero-order valence-corrected chi connectivity index (χ0v) is 10.1. The number of halogens is 2. The van der Waals surface area contributed by atoms with E-state index in [9.17, 15) is 13.6 Å². The zero-order valence-electron chi connectivity index (χ0n) is 10.1. The van der Waals surface area contributed by atoms with Crippen LogP contribution >= 0.6 is 0 Å². The van der Waals surface area contributed by atoms with Gasteiger partial charge in [0.15, 0.2) is 5.69 Å². The second-order valence-corrected chi connectivity index (χ2v) is 3.81. The van der Waals surface area contributed by atoms with Gasteiger partial charge in [0, 0.05) is 13.2 Å². The van der Waals surface area contributed by atoms with Crippen LogP contribution in [0.3, 0.4) is 0 Å². The van der Waals surface area contributed by atoms with Crippen molar-refractivity contribution in [1.82, 2.24) is 15.0 Å².